The molecule has 0 aliphatic carbocycles. The molecule has 0 saturated carbocycles. The summed E-state index contributed by atoms with van der Waals surface area (Å²) in [5, 5.41) is 1.67. The van der Waals surface area contributed by atoms with Crippen molar-refractivity contribution in [1.82, 2.24) is 9.97 Å². The Morgan fingerprint density at radius 3 is 1.50 bits per heavy atom. The van der Waals surface area contributed by atoms with E-state index in [0.29, 0.717) is 0 Å². The molecule has 0 radical (unpaired) electrons. The molecule has 4 N–H and O–H groups in total. The van der Waals surface area contributed by atoms with Gasteiger partial charge in [-0.3, -0.25) is 0 Å². The molecule has 0 saturated heterocycles. The molecule has 0 atom stereocenters. The molecule has 3 rings (SSSR count). The SMILES string of the molecule is Nc1cccc(Sc2cnc(Sc3cccc(N)c3)cn2)c1. The van der Waals surface area contributed by atoms with E-state index in [4.69, 9.17) is 11.5 Å². The molecule has 0 amide bonds. The maximum atomic E-state index is 5.77. The Morgan fingerprint density at radius 1 is 0.682 bits per heavy atom. The van der Waals surface area contributed by atoms with Crippen molar-refractivity contribution in [2.24, 2.45) is 0 Å². The quantitative estimate of drug-likeness (QED) is 0.707. The van der Waals surface area contributed by atoms with E-state index in [-0.39, 0.29) is 0 Å². The van der Waals surface area contributed by atoms with Gasteiger partial charge in [-0.15, -0.1) is 0 Å². The smallest absolute Gasteiger partial charge is 0.119 e. The van der Waals surface area contributed by atoms with Crippen LogP contribution in [-0.2, 0) is 0 Å². The first-order valence-corrected chi connectivity index (χ1v) is 8.21. The zero-order valence-corrected chi connectivity index (χ0v) is 13.3. The van der Waals surface area contributed by atoms with Gasteiger partial charge < -0.3 is 11.5 Å². The molecule has 0 aliphatic heterocycles. The van der Waals surface area contributed by atoms with Crippen LogP contribution in [0.5, 0.6) is 0 Å². The molecule has 1 heterocycles. The van der Waals surface area contributed by atoms with Gasteiger partial charge in [-0.25, -0.2) is 9.97 Å². The van der Waals surface area contributed by atoms with Crippen molar-refractivity contribution in [3.63, 3.8) is 0 Å². The van der Waals surface area contributed by atoms with Gasteiger partial charge in [0.1, 0.15) is 10.1 Å². The molecule has 4 nitrogen and oxygen atoms in total. The number of rotatable bonds is 4. The fourth-order valence-corrected chi connectivity index (χ4v) is 3.40. The second-order valence-electron chi connectivity index (χ2n) is 4.54. The molecule has 2 aromatic carbocycles. The average molecular weight is 326 g/mol. The minimum Gasteiger partial charge on any atom is -0.399 e. The Labute approximate surface area is 137 Å². The number of nitrogens with two attached hydrogens (primary N) is 2. The molecule has 0 fully saturated rings. The van der Waals surface area contributed by atoms with E-state index < -0.39 is 0 Å². The van der Waals surface area contributed by atoms with E-state index in [2.05, 4.69) is 9.97 Å². The van der Waals surface area contributed by atoms with Gasteiger partial charge in [-0.05, 0) is 36.4 Å². The van der Waals surface area contributed by atoms with Crippen LogP contribution >= 0.6 is 23.5 Å². The van der Waals surface area contributed by atoms with E-state index in [1.807, 2.05) is 48.5 Å². The van der Waals surface area contributed by atoms with Crippen molar-refractivity contribution in [2.45, 2.75) is 19.8 Å². The van der Waals surface area contributed by atoms with Crippen LogP contribution < -0.4 is 11.5 Å². The minimum absolute atomic E-state index is 0.742. The fraction of sp³-hybridized carbons (Fsp3) is 0. The monoisotopic (exact) mass is 326 g/mol. The van der Waals surface area contributed by atoms with Crippen molar-refractivity contribution in [3.05, 3.63) is 60.9 Å². The lowest BCUT2D eigenvalue weighted by Gasteiger charge is -2.04. The number of nitrogens with zero attached hydrogens (tertiary/aromatic N) is 2. The standard InChI is InChI=1S/C16H14N4S2/c17-11-3-1-5-13(7-11)21-15-9-20-16(10-19-15)22-14-6-2-4-12(18)8-14/h1-10H,17-18H2. The van der Waals surface area contributed by atoms with Crippen molar-refractivity contribution in [2.75, 3.05) is 11.5 Å². The fourth-order valence-electron chi connectivity index (χ4n) is 1.81. The summed E-state index contributed by atoms with van der Waals surface area (Å²) in [5.74, 6) is 0. The van der Waals surface area contributed by atoms with Gasteiger partial charge in [0.05, 0.1) is 12.4 Å². The number of hydrogen-bond acceptors (Lipinski definition) is 6. The van der Waals surface area contributed by atoms with E-state index in [1.54, 1.807) is 12.4 Å². The molecule has 22 heavy (non-hydrogen) atoms. The highest BCUT2D eigenvalue weighted by Gasteiger charge is 2.03. The minimum atomic E-state index is 0.742. The lowest BCUT2D eigenvalue weighted by Crippen LogP contribution is -1.88. The molecule has 0 bridgehead atoms. The number of hydrogen-bond donors (Lipinski definition) is 2. The lowest BCUT2D eigenvalue weighted by molar-refractivity contribution is 0.965. The Balaban J connectivity index is 1.70. The Morgan fingerprint density at radius 2 is 1.14 bits per heavy atom. The summed E-state index contributed by atoms with van der Waals surface area (Å²) < 4.78 is 0. The third kappa shape index (κ3) is 3.93. The predicted molar refractivity (Wildman–Crippen MR) is 92.0 cm³/mol. The lowest BCUT2D eigenvalue weighted by atomic mass is 10.3. The zero-order valence-electron chi connectivity index (χ0n) is 11.6. The molecule has 0 aliphatic rings. The highest BCUT2D eigenvalue weighted by Crippen LogP contribution is 2.30. The highest BCUT2D eigenvalue weighted by atomic mass is 32.2. The summed E-state index contributed by atoms with van der Waals surface area (Å²) in [4.78, 5) is 11.0. The van der Waals surface area contributed by atoms with Crippen molar-refractivity contribution in [1.29, 1.82) is 0 Å². The van der Waals surface area contributed by atoms with Gasteiger partial charge in [0.25, 0.3) is 0 Å². The van der Waals surface area contributed by atoms with Gasteiger partial charge in [-0.1, -0.05) is 35.7 Å². The summed E-state index contributed by atoms with van der Waals surface area (Å²) in [6.07, 6.45) is 3.53. The number of nitrogen functional groups attached to an aromatic ring is 2. The first-order chi connectivity index (χ1) is 10.7. The zero-order chi connectivity index (χ0) is 15.4. The molecular formula is C16H14N4S2. The summed E-state index contributed by atoms with van der Waals surface area (Å²) in [6, 6.07) is 15.4. The van der Waals surface area contributed by atoms with Gasteiger partial charge in [0, 0.05) is 21.2 Å². The topological polar surface area (TPSA) is 77.8 Å². The first kappa shape index (κ1) is 14.7. The molecule has 0 spiro atoms. The third-order valence-corrected chi connectivity index (χ3v) is 4.58. The average Bonchev–Trinajstić information content (AvgIpc) is 2.49. The van der Waals surface area contributed by atoms with Crippen LogP contribution in [0.25, 0.3) is 0 Å². The Bertz CT molecular complexity index is 709. The van der Waals surface area contributed by atoms with Gasteiger partial charge in [0.2, 0.25) is 0 Å². The molecular weight excluding hydrogens is 312 g/mol. The maximum Gasteiger partial charge on any atom is 0.119 e. The van der Waals surface area contributed by atoms with Crippen LogP contribution in [0.1, 0.15) is 0 Å². The maximum absolute atomic E-state index is 5.77. The number of benzene rings is 2. The Hall–Kier alpha value is -2.18. The summed E-state index contributed by atoms with van der Waals surface area (Å²) >= 11 is 3.07. The van der Waals surface area contributed by atoms with Gasteiger partial charge in [0.15, 0.2) is 0 Å². The van der Waals surface area contributed by atoms with E-state index >= 15 is 0 Å². The van der Waals surface area contributed by atoms with Crippen molar-refractivity contribution >= 4 is 34.9 Å². The van der Waals surface area contributed by atoms with Crippen LogP contribution in [0.2, 0.25) is 0 Å². The third-order valence-electron chi connectivity index (χ3n) is 2.77. The van der Waals surface area contributed by atoms with Crippen molar-refractivity contribution < 1.29 is 0 Å². The largest absolute Gasteiger partial charge is 0.399 e. The molecule has 6 heteroatoms. The van der Waals surface area contributed by atoms with Gasteiger partial charge in [-0.2, -0.15) is 0 Å². The van der Waals surface area contributed by atoms with Crippen LogP contribution in [0, 0.1) is 0 Å². The van der Waals surface area contributed by atoms with Crippen LogP contribution in [-0.4, -0.2) is 9.97 Å². The van der Waals surface area contributed by atoms with Crippen LogP contribution in [0.3, 0.4) is 0 Å². The second kappa shape index (κ2) is 6.72. The number of anilines is 2. The first-order valence-electron chi connectivity index (χ1n) is 6.58. The van der Waals surface area contributed by atoms with E-state index in [9.17, 15) is 0 Å². The summed E-state index contributed by atoms with van der Waals surface area (Å²) in [5.41, 5.74) is 13.0. The highest BCUT2D eigenvalue weighted by molar-refractivity contribution is 7.99. The molecule has 3 aromatic rings. The number of aromatic nitrogens is 2. The van der Waals surface area contributed by atoms with Crippen molar-refractivity contribution in [3.8, 4) is 0 Å². The molecule has 110 valence electrons. The summed E-state index contributed by atoms with van der Waals surface area (Å²) in [6.45, 7) is 0. The molecule has 1 aromatic heterocycles. The van der Waals surface area contributed by atoms with E-state index in [1.165, 1.54) is 23.5 Å². The van der Waals surface area contributed by atoms with E-state index in [0.717, 1.165) is 31.2 Å². The Kier molecular flexibility index (Phi) is 4.50. The molecule has 0 unspecified atom stereocenters. The second-order valence-corrected chi connectivity index (χ2v) is 6.73. The van der Waals surface area contributed by atoms with Crippen LogP contribution in [0.4, 0.5) is 11.4 Å². The normalized spacial score (nSPS) is 10.5. The predicted octanol–water partition coefficient (Wildman–Crippen LogP) is 3.94. The summed E-state index contributed by atoms with van der Waals surface area (Å²) in [7, 11) is 0. The van der Waals surface area contributed by atoms with Gasteiger partial charge >= 0.3 is 0 Å². The van der Waals surface area contributed by atoms with Crippen LogP contribution in [0.15, 0.2) is 80.8 Å².